The van der Waals surface area contributed by atoms with Crippen molar-refractivity contribution in [1.82, 2.24) is 10.6 Å². The van der Waals surface area contributed by atoms with Crippen molar-refractivity contribution in [2.75, 3.05) is 6.54 Å². The number of nitrogens with one attached hydrogen (secondary N) is 2. The van der Waals surface area contributed by atoms with E-state index in [1.54, 1.807) is 11.3 Å². The minimum atomic E-state index is -0.990. The van der Waals surface area contributed by atoms with Gasteiger partial charge >= 0.3 is 12.0 Å². The van der Waals surface area contributed by atoms with Crippen molar-refractivity contribution in [1.29, 1.82) is 0 Å². The number of carbonyl (C=O) groups is 2. The first-order valence-electron chi connectivity index (χ1n) is 7.18. The fourth-order valence-corrected chi connectivity index (χ4v) is 2.78. The minimum absolute atomic E-state index is 0.173. The summed E-state index contributed by atoms with van der Waals surface area (Å²) in [5.41, 5.74) is -0.173. The van der Waals surface area contributed by atoms with Gasteiger partial charge in [-0.15, -0.1) is 11.3 Å². The Kier molecular flexibility index (Phi) is 6.68. The largest absolute Gasteiger partial charge is 0.480 e. The third-order valence-electron chi connectivity index (χ3n) is 3.33. The zero-order chi connectivity index (χ0) is 15.9. The number of hydrogen-bond acceptors (Lipinski definition) is 3. The van der Waals surface area contributed by atoms with Gasteiger partial charge in [-0.05, 0) is 17.9 Å². The SMILES string of the molecule is CCCCC(NC(=O)NCC(C)(C)c1cccs1)C(=O)O. The Labute approximate surface area is 129 Å². The van der Waals surface area contributed by atoms with Crippen LogP contribution in [0.25, 0.3) is 0 Å². The minimum Gasteiger partial charge on any atom is -0.480 e. The first kappa shape index (κ1) is 17.5. The van der Waals surface area contributed by atoms with Crippen LogP contribution in [-0.4, -0.2) is 29.7 Å². The standard InChI is InChI=1S/C15H24N2O3S/c1-4-5-7-11(13(18)19)17-14(20)16-10-15(2,3)12-8-6-9-21-12/h6,8-9,11H,4-5,7,10H2,1-3H3,(H,18,19)(H2,16,17,20). The van der Waals surface area contributed by atoms with Gasteiger partial charge in [0, 0.05) is 16.8 Å². The number of carboxylic acids is 1. The molecule has 1 aromatic heterocycles. The van der Waals surface area contributed by atoms with E-state index in [9.17, 15) is 9.59 Å². The number of urea groups is 1. The van der Waals surface area contributed by atoms with Crippen molar-refractivity contribution in [2.45, 2.75) is 51.5 Å². The van der Waals surface area contributed by atoms with Gasteiger partial charge < -0.3 is 15.7 Å². The van der Waals surface area contributed by atoms with E-state index in [-0.39, 0.29) is 5.41 Å². The monoisotopic (exact) mass is 312 g/mol. The molecule has 118 valence electrons. The predicted octanol–water partition coefficient (Wildman–Crippen LogP) is 2.97. The average Bonchev–Trinajstić information content (AvgIpc) is 2.96. The molecule has 1 atom stereocenters. The molecule has 6 heteroatoms. The van der Waals surface area contributed by atoms with Gasteiger partial charge in [0.05, 0.1) is 0 Å². The molecule has 1 rings (SSSR count). The number of amides is 2. The Balaban J connectivity index is 2.47. The Bertz CT molecular complexity index is 457. The maximum Gasteiger partial charge on any atom is 0.326 e. The molecule has 21 heavy (non-hydrogen) atoms. The summed E-state index contributed by atoms with van der Waals surface area (Å²) in [7, 11) is 0. The molecule has 0 aliphatic rings. The smallest absolute Gasteiger partial charge is 0.326 e. The van der Waals surface area contributed by atoms with Crippen LogP contribution in [0.4, 0.5) is 4.79 Å². The fraction of sp³-hybridized carbons (Fsp3) is 0.600. The first-order valence-corrected chi connectivity index (χ1v) is 8.06. The van der Waals surface area contributed by atoms with Crippen molar-refractivity contribution in [3.05, 3.63) is 22.4 Å². The summed E-state index contributed by atoms with van der Waals surface area (Å²) >= 11 is 1.65. The van der Waals surface area contributed by atoms with E-state index in [1.807, 2.05) is 38.3 Å². The molecule has 0 saturated carbocycles. The van der Waals surface area contributed by atoms with Crippen LogP contribution < -0.4 is 10.6 Å². The molecule has 1 unspecified atom stereocenters. The summed E-state index contributed by atoms with van der Waals surface area (Å²) in [6, 6.07) is 2.76. The van der Waals surface area contributed by atoms with E-state index >= 15 is 0 Å². The summed E-state index contributed by atoms with van der Waals surface area (Å²) in [5.74, 6) is -0.990. The summed E-state index contributed by atoms with van der Waals surface area (Å²) in [4.78, 5) is 24.1. The third-order valence-corrected chi connectivity index (χ3v) is 4.56. The van der Waals surface area contributed by atoms with Gasteiger partial charge in [0.25, 0.3) is 0 Å². The highest BCUT2D eigenvalue weighted by atomic mass is 32.1. The second-order valence-corrected chi connectivity index (χ2v) is 6.67. The lowest BCUT2D eigenvalue weighted by molar-refractivity contribution is -0.139. The van der Waals surface area contributed by atoms with Gasteiger partial charge in [0.1, 0.15) is 6.04 Å². The molecule has 0 saturated heterocycles. The number of aliphatic carboxylic acids is 1. The highest BCUT2D eigenvalue weighted by Crippen LogP contribution is 2.26. The predicted molar refractivity (Wildman–Crippen MR) is 84.8 cm³/mol. The zero-order valence-corrected chi connectivity index (χ0v) is 13.6. The normalized spacial score (nSPS) is 12.7. The van der Waals surface area contributed by atoms with Crippen LogP contribution in [-0.2, 0) is 10.2 Å². The lowest BCUT2D eigenvalue weighted by atomic mass is 9.91. The number of unbranched alkanes of at least 4 members (excludes halogenated alkanes) is 1. The molecule has 0 spiro atoms. The molecule has 3 N–H and O–H groups in total. The van der Waals surface area contributed by atoms with Crippen molar-refractivity contribution in [3.63, 3.8) is 0 Å². The van der Waals surface area contributed by atoms with Crippen molar-refractivity contribution >= 4 is 23.3 Å². The summed E-state index contributed by atoms with van der Waals surface area (Å²) in [6.07, 6.45) is 2.13. The van der Waals surface area contributed by atoms with E-state index in [0.29, 0.717) is 13.0 Å². The Morgan fingerprint density at radius 3 is 2.67 bits per heavy atom. The van der Waals surface area contributed by atoms with E-state index < -0.39 is 18.0 Å². The second kappa shape index (κ2) is 8.02. The van der Waals surface area contributed by atoms with E-state index in [1.165, 1.54) is 4.88 Å². The molecule has 0 aromatic carbocycles. The first-order chi connectivity index (χ1) is 9.86. The molecule has 0 aliphatic carbocycles. The summed E-state index contributed by atoms with van der Waals surface area (Å²) in [6.45, 7) is 6.54. The average molecular weight is 312 g/mol. The van der Waals surface area contributed by atoms with Crippen LogP contribution in [0.2, 0.25) is 0 Å². The van der Waals surface area contributed by atoms with Crippen LogP contribution in [0.1, 0.15) is 44.9 Å². The fourth-order valence-electron chi connectivity index (χ4n) is 1.93. The van der Waals surface area contributed by atoms with Gasteiger partial charge in [-0.2, -0.15) is 0 Å². The topological polar surface area (TPSA) is 78.4 Å². The summed E-state index contributed by atoms with van der Waals surface area (Å²) in [5, 5.41) is 16.4. The lowest BCUT2D eigenvalue weighted by Gasteiger charge is -2.24. The number of hydrogen-bond donors (Lipinski definition) is 3. The number of carbonyl (C=O) groups excluding carboxylic acids is 1. The third kappa shape index (κ3) is 5.75. The van der Waals surface area contributed by atoms with E-state index in [4.69, 9.17) is 5.11 Å². The highest BCUT2D eigenvalue weighted by Gasteiger charge is 2.24. The molecular formula is C15H24N2O3S. The van der Waals surface area contributed by atoms with Crippen LogP contribution >= 0.6 is 11.3 Å². The van der Waals surface area contributed by atoms with Crippen LogP contribution in [0.3, 0.4) is 0 Å². The number of rotatable bonds is 8. The number of thiophene rings is 1. The van der Waals surface area contributed by atoms with Crippen molar-refractivity contribution in [3.8, 4) is 0 Å². The Morgan fingerprint density at radius 2 is 2.14 bits per heavy atom. The maximum atomic E-state index is 11.9. The van der Waals surface area contributed by atoms with E-state index in [0.717, 1.165) is 12.8 Å². The molecule has 0 bridgehead atoms. The maximum absolute atomic E-state index is 11.9. The molecule has 0 radical (unpaired) electrons. The van der Waals surface area contributed by atoms with Crippen LogP contribution in [0, 0.1) is 0 Å². The van der Waals surface area contributed by atoms with Crippen LogP contribution in [0.5, 0.6) is 0 Å². The van der Waals surface area contributed by atoms with Gasteiger partial charge in [0.15, 0.2) is 0 Å². The van der Waals surface area contributed by atoms with Gasteiger partial charge in [-0.1, -0.05) is 39.7 Å². The molecule has 2 amide bonds. The second-order valence-electron chi connectivity index (χ2n) is 5.72. The Morgan fingerprint density at radius 1 is 1.43 bits per heavy atom. The summed E-state index contributed by atoms with van der Waals surface area (Å²) < 4.78 is 0. The van der Waals surface area contributed by atoms with Gasteiger partial charge in [-0.3, -0.25) is 0 Å². The molecule has 1 heterocycles. The highest BCUT2D eigenvalue weighted by molar-refractivity contribution is 7.10. The molecular weight excluding hydrogens is 288 g/mol. The van der Waals surface area contributed by atoms with Crippen molar-refractivity contribution in [2.24, 2.45) is 0 Å². The quantitative estimate of drug-likeness (QED) is 0.690. The van der Waals surface area contributed by atoms with Crippen LogP contribution in [0.15, 0.2) is 17.5 Å². The van der Waals surface area contributed by atoms with Crippen molar-refractivity contribution < 1.29 is 14.7 Å². The van der Waals surface area contributed by atoms with E-state index in [2.05, 4.69) is 10.6 Å². The molecule has 0 fully saturated rings. The van der Waals surface area contributed by atoms with Gasteiger partial charge in [-0.25, -0.2) is 9.59 Å². The molecule has 5 nitrogen and oxygen atoms in total. The number of carboxylic acid groups (broad SMARTS) is 1. The lowest BCUT2D eigenvalue weighted by Crippen LogP contribution is -2.48. The zero-order valence-electron chi connectivity index (χ0n) is 12.8. The van der Waals surface area contributed by atoms with Gasteiger partial charge in [0.2, 0.25) is 0 Å². The Hall–Kier alpha value is -1.56. The molecule has 1 aromatic rings. The molecule has 0 aliphatic heterocycles.